The summed E-state index contributed by atoms with van der Waals surface area (Å²) >= 11 is 0. The summed E-state index contributed by atoms with van der Waals surface area (Å²) < 4.78 is 0. The topological polar surface area (TPSA) is 40.5 Å². The third-order valence-electron chi connectivity index (χ3n) is 2.88. The minimum absolute atomic E-state index is 0.131. The second kappa shape index (κ2) is 3.89. The van der Waals surface area contributed by atoms with E-state index in [1.54, 1.807) is 13.8 Å². The molecule has 0 saturated carbocycles. The highest BCUT2D eigenvalue weighted by atomic mass is 16.3. The van der Waals surface area contributed by atoms with E-state index in [0.29, 0.717) is 12.0 Å². The number of hydrogen-bond acceptors (Lipinski definition) is 2. The van der Waals surface area contributed by atoms with Crippen LogP contribution in [0, 0.1) is 5.92 Å². The third kappa shape index (κ3) is 2.27. The minimum atomic E-state index is -1.22. The Labute approximate surface area is 86.1 Å². The molecule has 1 saturated heterocycles. The average Bonchev–Trinajstić information content (AvgIpc) is 2.43. The van der Waals surface area contributed by atoms with Crippen molar-refractivity contribution in [2.24, 2.45) is 5.92 Å². The van der Waals surface area contributed by atoms with Gasteiger partial charge >= 0.3 is 0 Å². The van der Waals surface area contributed by atoms with Crippen LogP contribution in [0.4, 0.5) is 0 Å². The molecule has 1 aliphatic rings. The second-order valence-electron chi connectivity index (χ2n) is 4.92. The lowest BCUT2D eigenvalue weighted by molar-refractivity contribution is -0.148. The molecule has 1 N–H and O–H groups in total. The van der Waals surface area contributed by atoms with Gasteiger partial charge in [-0.2, -0.15) is 0 Å². The van der Waals surface area contributed by atoms with Gasteiger partial charge in [-0.25, -0.2) is 0 Å². The van der Waals surface area contributed by atoms with E-state index >= 15 is 0 Å². The van der Waals surface area contributed by atoms with E-state index in [1.807, 2.05) is 4.90 Å². The Morgan fingerprint density at radius 1 is 1.57 bits per heavy atom. The molecule has 3 heteroatoms. The molecule has 0 aromatic rings. The third-order valence-corrected chi connectivity index (χ3v) is 2.88. The molecule has 1 amide bonds. The first-order valence-corrected chi connectivity index (χ1v) is 5.39. The van der Waals surface area contributed by atoms with Crippen LogP contribution in [0.2, 0.25) is 0 Å². The molecule has 82 valence electrons. The van der Waals surface area contributed by atoms with Crippen molar-refractivity contribution in [3.05, 3.63) is 0 Å². The summed E-state index contributed by atoms with van der Waals surface area (Å²) in [6.45, 7) is 8.16. The maximum Gasteiger partial charge on any atom is 0.254 e. The van der Waals surface area contributed by atoms with Gasteiger partial charge in [0, 0.05) is 12.6 Å². The number of carbonyl (C=O) groups is 1. The predicted molar refractivity (Wildman–Crippen MR) is 55.9 cm³/mol. The van der Waals surface area contributed by atoms with E-state index in [4.69, 9.17) is 0 Å². The lowest BCUT2D eigenvalue weighted by atomic mass is 10.1. The summed E-state index contributed by atoms with van der Waals surface area (Å²) in [5, 5.41) is 9.65. The monoisotopic (exact) mass is 199 g/mol. The van der Waals surface area contributed by atoms with E-state index in [9.17, 15) is 9.90 Å². The van der Waals surface area contributed by atoms with Crippen LogP contribution in [0.15, 0.2) is 0 Å². The molecule has 0 spiro atoms. The van der Waals surface area contributed by atoms with Crippen molar-refractivity contribution in [2.75, 3.05) is 6.54 Å². The van der Waals surface area contributed by atoms with E-state index in [2.05, 4.69) is 13.8 Å². The number of nitrogens with zero attached hydrogens (tertiary/aromatic N) is 1. The Bertz CT molecular complexity index is 220. The highest BCUT2D eigenvalue weighted by molar-refractivity contribution is 5.84. The Balaban J connectivity index is 2.72. The molecular formula is C11H21NO2. The molecule has 1 rings (SSSR count). The number of amides is 1. The van der Waals surface area contributed by atoms with Gasteiger partial charge in [0.15, 0.2) is 0 Å². The zero-order chi connectivity index (χ0) is 10.9. The molecule has 0 aromatic carbocycles. The fraction of sp³-hybridized carbons (Fsp3) is 0.909. The van der Waals surface area contributed by atoms with Crippen LogP contribution in [-0.2, 0) is 4.79 Å². The first kappa shape index (κ1) is 11.5. The standard InChI is InChI=1S/C11H21NO2/c1-5-9-6-8(2)7-12(9)10(13)11(3,4)14/h8-9,14H,5-7H2,1-4H3. The first-order chi connectivity index (χ1) is 6.36. The molecule has 2 atom stereocenters. The summed E-state index contributed by atoms with van der Waals surface area (Å²) in [5.74, 6) is 0.431. The van der Waals surface area contributed by atoms with Crippen molar-refractivity contribution < 1.29 is 9.90 Å². The summed E-state index contributed by atoms with van der Waals surface area (Å²) in [7, 11) is 0. The Morgan fingerprint density at radius 3 is 2.57 bits per heavy atom. The second-order valence-corrected chi connectivity index (χ2v) is 4.92. The van der Waals surface area contributed by atoms with Crippen LogP contribution in [0.3, 0.4) is 0 Å². The number of hydrogen-bond donors (Lipinski definition) is 1. The van der Waals surface area contributed by atoms with Gasteiger partial charge in [0.2, 0.25) is 0 Å². The van der Waals surface area contributed by atoms with Crippen LogP contribution >= 0.6 is 0 Å². The summed E-state index contributed by atoms with van der Waals surface area (Å²) in [6, 6.07) is 0.323. The SMILES string of the molecule is CCC1CC(C)CN1C(=O)C(C)(C)O. The van der Waals surface area contributed by atoms with Crippen LogP contribution in [-0.4, -0.2) is 34.1 Å². The highest BCUT2D eigenvalue weighted by Gasteiger charge is 2.37. The first-order valence-electron chi connectivity index (χ1n) is 5.39. The van der Waals surface area contributed by atoms with Crippen molar-refractivity contribution in [1.82, 2.24) is 4.90 Å². The molecule has 0 radical (unpaired) electrons. The van der Waals surface area contributed by atoms with Crippen molar-refractivity contribution in [1.29, 1.82) is 0 Å². The molecular weight excluding hydrogens is 178 g/mol. The Hall–Kier alpha value is -0.570. The molecule has 2 unspecified atom stereocenters. The zero-order valence-electron chi connectivity index (χ0n) is 9.58. The van der Waals surface area contributed by atoms with Crippen molar-refractivity contribution in [2.45, 2.75) is 52.2 Å². The molecule has 0 aliphatic carbocycles. The van der Waals surface area contributed by atoms with Gasteiger partial charge < -0.3 is 10.0 Å². The lowest BCUT2D eigenvalue weighted by Gasteiger charge is -2.29. The number of likely N-dealkylation sites (tertiary alicyclic amines) is 1. The smallest absolute Gasteiger partial charge is 0.254 e. The molecule has 1 heterocycles. The molecule has 14 heavy (non-hydrogen) atoms. The Morgan fingerprint density at radius 2 is 2.14 bits per heavy atom. The maximum atomic E-state index is 11.9. The lowest BCUT2D eigenvalue weighted by Crippen LogP contribution is -2.47. The highest BCUT2D eigenvalue weighted by Crippen LogP contribution is 2.27. The largest absolute Gasteiger partial charge is 0.381 e. The van der Waals surface area contributed by atoms with Crippen molar-refractivity contribution in [3.8, 4) is 0 Å². The fourth-order valence-electron chi connectivity index (χ4n) is 2.14. The maximum absolute atomic E-state index is 11.9. The van der Waals surface area contributed by atoms with E-state index < -0.39 is 5.60 Å². The van der Waals surface area contributed by atoms with Crippen LogP contribution in [0.1, 0.15) is 40.5 Å². The normalized spacial score (nSPS) is 28.2. The quantitative estimate of drug-likeness (QED) is 0.730. The van der Waals surface area contributed by atoms with Gasteiger partial charge in [-0.15, -0.1) is 0 Å². The van der Waals surface area contributed by atoms with Gasteiger partial charge in [0.25, 0.3) is 5.91 Å². The summed E-state index contributed by atoms with van der Waals surface area (Å²) in [5.41, 5.74) is -1.22. The predicted octanol–water partition coefficient (Wildman–Crippen LogP) is 1.40. The van der Waals surface area contributed by atoms with E-state index in [1.165, 1.54) is 0 Å². The van der Waals surface area contributed by atoms with Gasteiger partial charge in [0.05, 0.1) is 0 Å². The molecule has 1 fully saturated rings. The van der Waals surface area contributed by atoms with Gasteiger partial charge in [-0.1, -0.05) is 13.8 Å². The molecule has 0 bridgehead atoms. The number of carbonyl (C=O) groups excluding carboxylic acids is 1. The average molecular weight is 199 g/mol. The molecule has 1 aliphatic heterocycles. The Kier molecular flexibility index (Phi) is 3.20. The van der Waals surface area contributed by atoms with Crippen LogP contribution in [0.25, 0.3) is 0 Å². The summed E-state index contributed by atoms with van der Waals surface area (Å²) in [4.78, 5) is 13.7. The minimum Gasteiger partial charge on any atom is -0.381 e. The van der Waals surface area contributed by atoms with Crippen LogP contribution < -0.4 is 0 Å². The number of aliphatic hydroxyl groups is 1. The van der Waals surface area contributed by atoms with Gasteiger partial charge in [-0.05, 0) is 32.6 Å². The summed E-state index contributed by atoms with van der Waals surface area (Å²) in [6.07, 6.45) is 2.05. The van der Waals surface area contributed by atoms with E-state index in [-0.39, 0.29) is 5.91 Å². The van der Waals surface area contributed by atoms with Gasteiger partial charge in [0.1, 0.15) is 5.60 Å². The number of rotatable bonds is 2. The molecule has 0 aromatic heterocycles. The van der Waals surface area contributed by atoms with Crippen molar-refractivity contribution in [3.63, 3.8) is 0 Å². The van der Waals surface area contributed by atoms with Gasteiger partial charge in [-0.3, -0.25) is 4.79 Å². The van der Waals surface area contributed by atoms with Crippen LogP contribution in [0.5, 0.6) is 0 Å². The fourth-order valence-corrected chi connectivity index (χ4v) is 2.14. The van der Waals surface area contributed by atoms with Crippen molar-refractivity contribution >= 4 is 5.91 Å². The van der Waals surface area contributed by atoms with E-state index in [0.717, 1.165) is 19.4 Å². The zero-order valence-corrected chi connectivity index (χ0v) is 9.58. The molecule has 3 nitrogen and oxygen atoms in total.